The summed E-state index contributed by atoms with van der Waals surface area (Å²) in [5, 5.41) is 11.9. The molecule has 1 atom stereocenters. The molecule has 1 N–H and O–H groups in total. The van der Waals surface area contributed by atoms with Crippen LogP contribution in [0.25, 0.3) is 0 Å². The predicted molar refractivity (Wildman–Crippen MR) is 59.5 cm³/mol. The summed E-state index contributed by atoms with van der Waals surface area (Å²) in [6, 6.07) is 8.24. The lowest BCUT2D eigenvalue weighted by Crippen LogP contribution is -2.01. The van der Waals surface area contributed by atoms with Crippen molar-refractivity contribution in [2.45, 2.75) is 13.0 Å². The minimum Gasteiger partial charge on any atom is -0.383 e. The molecule has 0 bridgehead atoms. The summed E-state index contributed by atoms with van der Waals surface area (Å²) in [4.78, 5) is 0.806. The van der Waals surface area contributed by atoms with Gasteiger partial charge >= 0.3 is 0 Å². The molecule has 0 aliphatic heterocycles. The second-order valence-electron chi connectivity index (χ2n) is 3.39. The fourth-order valence-electron chi connectivity index (χ4n) is 1.50. The Labute approximate surface area is 91.8 Å². The number of hydrogen-bond donors (Lipinski definition) is 1. The van der Waals surface area contributed by atoms with Crippen LogP contribution in [0.3, 0.4) is 0 Å². The van der Waals surface area contributed by atoms with Gasteiger partial charge in [-0.05, 0) is 30.0 Å². The van der Waals surface area contributed by atoms with E-state index in [0.29, 0.717) is 5.56 Å². The van der Waals surface area contributed by atoms with Gasteiger partial charge in [0.05, 0.1) is 0 Å². The van der Waals surface area contributed by atoms with Crippen molar-refractivity contribution in [1.82, 2.24) is 0 Å². The smallest absolute Gasteiger partial charge is 0.129 e. The van der Waals surface area contributed by atoms with Gasteiger partial charge in [0.25, 0.3) is 0 Å². The summed E-state index contributed by atoms with van der Waals surface area (Å²) < 4.78 is 13.4. The van der Waals surface area contributed by atoms with Gasteiger partial charge in [0, 0.05) is 10.4 Å². The van der Waals surface area contributed by atoms with E-state index in [-0.39, 0.29) is 5.82 Å². The van der Waals surface area contributed by atoms with Gasteiger partial charge in [0.1, 0.15) is 11.9 Å². The fourth-order valence-corrected chi connectivity index (χ4v) is 2.43. The van der Waals surface area contributed by atoms with E-state index >= 15 is 0 Å². The third kappa shape index (κ3) is 1.94. The van der Waals surface area contributed by atoms with Crippen LogP contribution in [-0.2, 0) is 0 Å². The average Bonchev–Trinajstić information content (AvgIpc) is 2.64. The Balaban J connectivity index is 2.41. The molecule has 78 valence electrons. The number of thiophene rings is 1. The predicted octanol–water partition coefficient (Wildman–Crippen LogP) is 3.28. The maximum Gasteiger partial charge on any atom is 0.129 e. The summed E-state index contributed by atoms with van der Waals surface area (Å²) in [7, 11) is 0. The number of benzene rings is 1. The van der Waals surface area contributed by atoms with Gasteiger partial charge in [-0.15, -0.1) is 11.3 Å². The topological polar surface area (TPSA) is 20.2 Å². The van der Waals surface area contributed by atoms with Gasteiger partial charge in [0.15, 0.2) is 0 Å². The fraction of sp³-hybridized carbons (Fsp3) is 0.167. The summed E-state index contributed by atoms with van der Waals surface area (Å²) >= 11 is 1.44. The number of rotatable bonds is 2. The van der Waals surface area contributed by atoms with Crippen molar-refractivity contribution in [1.29, 1.82) is 0 Å². The summed E-state index contributed by atoms with van der Waals surface area (Å²) in [6.45, 7) is 1.91. The van der Waals surface area contributed by atoms with E-state index in [4.69, 9.17) is 0 Å². The number of halogens is 1. The van der Waals surface area contributed by atoms with E-state index in [9.17, 15) is 9.50 Å². The molecule has 0 radical (unpaired) electrons. The van der Waals surface area contributed by atoms with Gasteiger partial charge in [-0.2, -0.15) is 0 Å². The molecule has 1 nitrogen and oxygen atoms in total. The molecule has 3 heteroatoms. The second kappa shape index (κ2) is 4.13. The molecule has 0 aliphatic carbocycles. The summed E-state index contributed by atoms with van der Waals surface area (Å²) in [6.07, 6.45) is -0.855. The monoisotopic (exact) mass is 222 g/mol. The van der Waals surface area contributed by atoms with Crippen LogP contribution in [0, 0.1) is 12.7 Å². The van der Waals surface area contributed by atoms with Crippen molar-refractivity contribution in [3.63, 3.8) is 0 Å². The Kier molecular flexibility index (Phi) is 2.84. The molecule has 1 aromatic carbocycles. The molecule has 0 aliphatic rings. The van der Waals surface area contributed by atoms with Crippen LogP contribution in [-0.4, -0.2) is 5.11 Å². The van der Waals surface area contributed by atoms with Crippen molar-refractivity contribution in [3.8, 4) is 0 Å². The van der Waals surface area contributed by atoms with Crippen LogP contribution in [0.1, 0.15) is 22.1 Å². The van der Waals surface area contributed by atoms with Crippen LogP contribution < -0.4 is 0 Å². The van der Waals surface area contributed by atoms with Gasteiger partial charge in [-0.1, -0.05) is 18.2 Å². The van der Waals surface area contributed by atoms with Gasteiger partial charge < -0.3 is 5.11 Å². The molecular weight excluding hydrogens is 211 g/mol. The Morgan fingerprint density at radius 1 is 1.27 bits per heavy atom. The van der Waals surface area contributed by atoms with E-state index in [2.05, 4.69) is 0 Å². The molecule has 0 fully saturated rings. The van der Waals surface area contributed by atoms with Crippen LogP contribution in [0.4, 0.5) is 4.39 Å². The van der Waals surface area contributed by atoms with Crippen molar-refractivity contribution >= 4 is 11.3 Å². The van der Waals surface area contributed by atoms with E-state index in [1.54, 1.807) is 18.2 Å². The lowest BCUT2D eigenvalue weighted by Gasteiger charge is -2.11. The molecule has 1 heterocycles. The van der Waals surface area contributed by atoms with E-state index < -0.39 is 6.10 Å². The lowest BCUT2D eigenvalue weighted by molar-refractivity contribution is 0.218. The standard InChI is InChI=1S/C12H11FOS/c1-8-6-7-15-12(8)11(14)9-4-2-3-5-10(9)13/h2-7,11,14H,1H3. The third-order valence-electron chi connectivity index (χ3n) is 2.35. The minimum atomic E-state index is -0.855. The zero-order valence-electron chi connectivity index (χ0n) is 8.27. The first kappa shape index (κ1) is 10.3. The molecule has 1 aromatic heterocycles. The number of aliphatic hydroxyl groups excluding tert-OH is 1. The maximum absolute atomic E-state index is 13.4. The van der Waals surface area contributed by atoms with E-state index in [0.717, 1.165) is 10.4 Å². The summed E-state index contributed by atoms with van der Waals surface area (Å²) in [5.41, 5.74) is 1.33. The SMILES string of the molecule is Cc1ccsc1C(O)c1ccccc1F. The van der Waals surface area contributed by atoms with Gasteiger partial charge in [-0.3, -0.25) is 0 Å². The first-order chi connectivity index (χ1) is 7.20. The number of aryl methyl sites for hydroxylation is 1. The third-order valence-corrected chi connectivity index (χ3v) is 3.42. The molecule has 0 spiro atoms. The Bertz CT molecular complexity index is 464. The van der Waals surface area contributed by atoms with Crippen LogP contribution >= 0.6 is 11.3 Å². The maximum atomic E-state index is 13.4. The normalized spacial score (nSPS) is 12.7. The molecular formula is C12H11FOS. The van der Waals surface area contributed by atoms with Crippen molar-refractivity contribution in [2.75, 3.05) is 0 Å². The van der Waals surface area contributed by atoms with Gasteiger partial charge in [-0.25, -0.2) is 4.39 Å². The molecule has 0 saturated carbocycles. The molecule has 1 unspecified atom stereocenters. The van der Waals surface area contributed by atoms with Crippen LogP contribution in [0.5, 0.6) is 0 Å². The van der Waals surface area contributed by atoms with E-state index in [1.165, 1.54) is 17.4 Å². The molecule has 2 rings (SSSR count). The Morgan fingerprint density at radius 2 is 2.00 bits per heavy atom. The molecule has 2 aromatic rings. The number of hydrogen-bond acceptors (Lipinski definition) is 2. The van der Waals surface area contributed by atoms with Crippen LogP contribution in [0.2, 0.25) is 0 Å². The Hall–Kier alpha value is -1.19. The highest BCUT2D eigenvalue weighted by molar-refractivity contribution is 7.10. The largest absolute Gasteiger partial charge is 0.383 e. The molecule has 15 heavy (non-hydrogen) atoms. The van der Waals surface area contributed by atoms with Crippen molar-refractivity contribution in [3.05, 3.63) is 57.5 Å². The van der Waals surface area contributed by atoms with E-state index in [1.807, 2.05) is 18.4 Å². The molecule has 0 amide bonds. The first-order valence-corrected chi connectivity index (χ1v) is 5.54. The Morgan fingerprint density at radius 3 is 2.60 bits per heavy atom. The lowest BCUT2D eigenvalue weighted by atomic mass is 10.1. The minimum absolute atomic E-state index is 0.336. The average molecular weight is 222 g/mol. The summed E-state index contributed by atoms with van der Waals surface area (Å²) in [5.74, 6) is -0.363. The highest BCUT2D eigenvalue weighted by Crippen LogP contribution is 2.30. The quantitative estimate of drug-likeness (QED) is 0.826. The zero-order chi connectivity index (χ0) is 10.8. The van der Waals surface area contributed by atoms with Crippen molar-refractivity contribution < 1.29 is 9.50 Å². The highest BCUT2D eigenvalue weighted by atomic mass is 32.1. The van der Waals surface area contributed by atoms with Crippen molar-refractivity contribution in [2.24, 2.45) is 0 Å². The molecule has 0 saturated heterocycles. The first-order valence-electron chi connectivity index (χ1n) is 4.66. The second-order valence-corrected chi connectivity index (χ2v) is 4.34. The number of aliphatic hydroxyl groups is 1. The highest BCUT2D eigenvalue weighted by Gasteiger charge is 2.17. The zero-order valence-corrected chi connectivity index (χ0v) is 9.09. The van der Waals surface area contributed by atoms with Gasteiger partial charge in [0.2, 0.25) is 0 Å². The van der Waals surface area contributed by atoms with Crippen LogP contribution in [0.15, 0.2) is 35.7 Å².